The van der Waals surface area contributed by atoms with Crippen molar-refractivity contribution < 1.29 is 4.79 Å². The van der Waals surface area contributed by atoms with E-state index in [2.05, 4.69) is 20.9 Å². The molecule has 3 aromatic rings. The summed E-state index contributed by atoms with van der Waals surface area (Å²) in [4.78, 5) is 15.3. The molecule has 1 fully saturated rings. The van der Waals surface area contributed by atoms with Gasteiger partial charge < -0.3 is 20.9 Å². The fourth-order valence-corrected chi connectivity index (χ4v) is 4.56. The molecule has 0 spiro atoms. The van der Waals surface area contributed by atoms with Crippen LogP contribution in [0.1, 0.15) is 22.3 Å². The number of carbonyl (C=O) groups is 1. The lowest BCUT2D eigenvalue weighted by molar-refractivity contribution is 0.0949. The first-order valence-corrected chi connectivity index (χ1v) is 12.5. The van der Waals surface area contributed by atoms with Gasteiger partial charge in [0, 0.05) is 47.4 Å². The van der Waals surface area contributed by atoms with Crippen LogP contribution in [0.3, 0.4) is 0 Å². The third-order valence-electron chi connectivity index (χ3n) is 5.66. The molecule has 5 nitrogen and oxygen atoms in total. The second kappa shape index (κ2) is 11.8. The summed E-state index contributed by atoms with van der Waals surface area (Å²) in [5.74, 6) is -0.229. The SMILES string of the molecule is O=C(NC(Cl)Cc1ccc(Cl)cc1)c1ccc(N2CCCNCC2)c(Nc2cccc(Cl)c2)c1. The van der Waals surface area contributed by atoms with Crippen molar-refractivity contribution in [3.05, 3.63) is 87.9 Å². The summed E-state index contributed by atoms with van der Waals surface area (Å²) >= 11 is 18.6. The summed E-state index contributed by atoms with van der Waals surface area (Å²) in [6, 6.07) is 20.7. The Balaban J connectivity index is 1.54. The maximum atomic E-state index is 13.0. The molecule has 1 heterocycles. The Bertz CT molecular complexity index is 1120. The molecule has 34 heavy (non-hydrogen) atoms. The number of carbonyl (C=O) groups excluding carboxylic acids is 1. The highest BCUT2D eigenvalue weighted by molar-refractivity contribution is 6.31. The van der Waals surface area contributed by atoms with Crippen LogP contribution in [-0.2, 0) is 6.42 Å². The first kappa shape index (κ1) is 24.7. The average molecular weight is 518 g/mol. The molecule has 3 N–H and O–H groups in total. The third-order valence-corrected chi connectivity index (χ3v) is 6.41. The summed E-state index contributed by atoms with van der Waals surface area (Å²) in [6.45, 7) is 3.74. The highest BCUT2D eigenvalue weighted by Crippen LogP contribution is 2.31. The minimum absolute atomic E-state index is 0.229. The average Bonchev–Trinajstić information content (AvgIpc) is 3.10. The number of rotatable bonds is 7. The normalized spacial score (nSPS) is 14.9. The molecule has 0 saturated carbocycles. The van der Waals surface area contributed by atoms with Crippen molar-refractivity contribution in [1.82, 2.24) is 10.6 Å². The fraction of sp³-hybridized carbons (Fsp3) is 0.269. The van der Waals surface area contributed by atoms with E-state index in [1.807, 2.05) is 66.7 Å². The molecular weight excluding hydrogens is 491 g/mol. The fourth-order valence-electron chi connectivity index (χ4n) is 3.97. The molecule has 1 aliphatic heterocycles. The topological polar surface area (TPSA) is 56.4 Å². The van der Waals surface area contributed by atoms with E-state index in [1.165, 1.54) is 0 Å². The van der Waals surface area contributed by atoms with E-state index in [1.54, 1.807) is 0 Å². The van der Waals surface area contributed by atoms with Crippen molar-refractivity contribution in [1.29, 1.82) is 0 Å². The van der Waals surface area contributed by atoms with Gasteiger partial charge in [-0.25, -0.2) is 0 Å². The van der Waals surface area contributed by atoms with Crippen molar-refractivity contribution in [3.63, 3.8) is 0 Å². The highest BCUT2D eigenvalue weighted by atomic mass is 35.5. The van der Waals surface area contributed by atoms with E-state index in [9.17, 15) is 4.79 Å². The molecule has 0 aromatic heterocycles. The Morgan fingerprint density at radius 1 is 0.971 bits per heavy atom. The Labute approximate surface area is 215 Å². The highest BCUT2D eigenvalue weighted by Gasteiger charge is 2.18. The van der Waals surface area contributed by atoms with Gasteiger partial charge in [0.25, 0.3) is 5.91 Å². The minimum Gasteiger partial charge on any atom is -0.369 e. The maximum absolute atomic E-state index is 13.0. The van der Waals surface area contributed by atoms with Gasteiger partial charge in [-0.05, 0) is 67.1 Å². The van der Waals surface area contributed by atoms with Crippen LogP contribution in [0.5, 0.6) is 0 Å². The number of hydrogen-bond acceptors (Lipinski definition) is 4. The largest absolute Gasteiger partial charge is 0.369 e. The molecule has 1 unspecified atom stereocenters. The zero-order valence-electron chi connectivity index (χ0n) is 18.7. The summed E-state index contributed by atoms with van der Waals surface area (Å²) in [5, 5.41) is 11.1. The van der Waals surface area contributed by atoms with Gasteiger partial charge in [0.1, 0.15) is 5.50 Å². The van der Waals surface area contributed by atoms with Crippen LogP contribution >= 0.6 is 34.8 Å². The lowest BCUT2D eigenvalue weighted by Crippen LogP contribution is -2.32. The number of anilines is 3. The molecule has 3 aromatic carbocycles. The van der Waals surface area contributed by atoms with Gasteiger partial charge in [-0.1, -0.05) is 53.0 Å². The van der Waals surface area contributed by atoms with Crippen molar-refractivity contribution in [2.75, 3.05) is 36.4 Å². The van der Waals surface area contributed by atoms with E-state index in [-0.39, 0.29) is 5.91 Å². The van der Waals surface area contributed by atoms with Crippen LogP contribution < -0.4 is 20.9 Å². The lowest BCUT2D eigenvalue weighted by atomic mass is 10.1. The van der Waals surface area contributed by atoms with Gasteiger partial charge in [0.05, 0.1) is 11.4 Å². The van der Waals surface area contributed by atoms with Crippen molar-refractivity contribution in [2.45, 2.75) is 18.3 Å². The molecule has 178 valence electrons. The van der Waals surface area contributed by atoms with Crippen LogP contribution in [0, 0.1) is 0 Å². The molecule has 1 saturated heterocycles. The quantitative estimate of drug-likeness (QED) is 0.263. The van der Waals surface area contributed by atoms with Crippen LogP contribution in [0.25, 0.3) is 0 Å². The van der Waals surface area contributed by atoms with Crippen molar-refractivity contribution in [3.8, 4) is 0 Å². The molecule has 1 aliphatic rings. The van der Waals surface area contributed by atoms with E-state index < -0.39 is 5.50 Å². The smallest absolute Gasteiger partial charge is 0.252 e. The number of alkyl halides is 1. The summed E-state index contributed by atoms with van der Waals surface area (Å²) in [6.07, 6.45) is 1.55. The number of hydrogen-bond donors (Lipinski definition) is 3. The molecule has 0 radical (unpaired) electrons. The molecule has 8 heteroatoms. The zero-order chi connectivity index (χ0) is 23.9. The van der Waals surface area contributed by atoms with Crippen LogP contribution in [0.4, 0.5) is 17.1 Å². The second-order valence-electron chi connectivity index (χ2n) is 8.23. The van der Waals surface area contributed by atoms with Crippen molar-refractivity contribution >= 4 is 57.8 Å². The Morgan fingerprint density at radius 2 is 1.79 bits per heavy atom. The van der Waals surface area contributed by atoms with Gasteiger partial charge in [-0.2, -0.15) is 0 Å². The maximum Gasteiger partial charge on any atom is 0.252 e. The van der Waals surface area contributed by atoms with Gasteiger partial charge in [0.2, 0.25) is 0 Å². The summed E-state index contributed by atoms with van der Waals surface area (Å²) in [7, 11) is 0. The van der Waals surface area contributed by atoms with Crippen molar-refractivity contribution in [2.24, 2.45) is 0 Å². The van der Waals surface area contributed by atoms with E-state index >= 15 is 0 Å². The number of halogens is 3. The van der Waals surface area contributed by atoms with Gasteiger partial charge in [0.15, 0.2) is 0 Å². The zero-order valence-corrected chi connectivity index (χ0v) is 20.9. The third kappa shape index (κ3) is 6.80. The number of benzene rings is 3. The monoisotopic (exact) mass is 516 g/mol. The first-order chi connectivity index (χ1) is 16.5. The molecule has 1 atom stereocenters. The van der Waals surface area contributed by atoms with Gasteiger partial charge in [-0.3, -0.25) is 4.79 Å². The van der Waals surface area contributed by atoms with E-state index in [0.717, 1.165) is 55.2 Å². The van der Waals surface area contributed by atoms with Gasteiger partial charge >= 0.3 is 0 Å². The van der Waals surface area contributed by atoms with Gasteiger partial charge in [-0.15, -0.1) is 0 Å². The molecule has 0 bridgehead atoms. The number of amides is 1. The molecular formula is C26H27Cl3N4O. The Kier molecular flexibility index (Phi) is 8.57. The minimum atomic E-state index is -0.547. The van der Waals surface area contributed by atoms with Crippen LogP contribution in [-0.4, -0.2) is 37.6 Å². The second-order valence-corrected chi connectivity index (χ2v) is 9.63. The Hall–Kier alpha value is -2.44. The predicted molar refractivity (Wildman–Crippen MR) is 143 cm³/mol. The van der Waals surface area contributed by atoms with E-state index in [4.69, 9.17) is 34.8 Å². The molecule has 1 amide bonds. The summed E-state index contributed by atoms with van der Waals surface area (Å²) in [5.41, 5.74) is 3.73. The lowest BCUT2D eigenvalue weighted by Gasteiger charge is -2.26. The molecule has 4 rings (SSSR count). The predicted octanol–water partition coefficient (Wildman–Crippen LogP) is 6.07. The summed E-state index contributed by atoms with van der Waals surface area (Å²) < 4.78 is 0. The first-order valence-electron chi connectivity index (χ1n) is 11.3. The van der Waals surface area contributed by atoms with Crippen LogP contribution in [0.15, 0.2) is 66.7 Å². The van der Waals surface area contributed by atoms with Crippen LogP contribution in [0.2, 0.25) is 10.0 Å². The van der Waals surface area contributed by atoms with E-state index in [0.29, 0.717) is 22.0 Å². The Morgan fingerprint density at radius 3 is 2.59 bits per heavy atom. The standard InChI is InChI=1S/C26H27Cl3N4O/c27-20-8-5-18(6-9-20)15-25(29)32-26(34)19-7-10-24(33-13-2-11-30-12-14-33)23(16-19)31-22-4-1-3-21(28)17-22/h1,3-10,16-17,25,30-31H,2,11-15H2,(H,32,34). The number of nitrogens with zero attached hydrogens (tertiary/aromatic N) is 1. The number of nitrogens with one attached hydrogen (secondary N) is 3. The molecule has 0 aliphatic carbocycles.